The number of amides is 1. The highest BCUT2D eigenvalue weighted by molar-refractivity contribution is 8.00. The zero-order valence-electron chi connectivity index (χ0n) is 20.1. The number of benzene rings is 2. The normalized spacial score (nSPS) is 11.2. The van der Waals surface area contributed by atoms with Crippen LogP contribution in [0.15, 0.2) is 53.6 Å². The molecule has 0 bridgehead atoms. The van der Waals surface area contributed by atoms with Crippen LogP contribution in [0, 0.1) is 22.0 Å². The standard InChI is InChI=1S/C25H32N4O4S/c1-18(2)14-28(15-19(3)4)23-11-10-22(29(32)33)12-21(23)13-26-27-25(31)17-34-16-24(30)20-8-6-5-7-9-20/h5-13,18-19H,14-17H2,1-4H3,(H,27,31)/b26-13+. The fraction of sp³-hybridized carbons (Fsp3) is 0.400. The van der Waals surface area contributed by atoms with Crippen LogP contribution in [0.5, 0.6) is 0 Å². The number of carbonyl (C=O) groups is 2. The second-order valence-electron chi connectivity index (χ2n) is 8.77. The molecule has 34 heavy (non-hydrogen) atoms. The van der Waals surface area contributed by atoms with Crippen molar-refractivity contribution in [1.82, 2.24) is 5.43 Å². The molecule has 0 radical (unpaired) electrons. The van der Waals surface area contributed by atoms with E-state index in [9.17, 15) is 19.7 Å². The number of ketones is 1. The Morgan fingerprint density at radius 1 is 1.06 bits per heavy atom. The summed E-state index contributed by atoms with van der Waals surface area (Å²) in [5.74, 6) is 0.664. The molecule has 1 amide bonds. The molecule has 0 unspecified atom stereocenters. The Morgan fingerprint density at radius 3 is 2.29 bits per heavy atom. The van der Waals surface area contributed by atoms with Crippen molar-refractivity contribution in [2.45, 2.75) is 27.7 Å². The van der Waals surface area contributed by atoms with Crippen LogP contribution in [0.3, 0.4) is 0 Å². The van der Waals surface area contributed by atoms with Gasteiger partial charge in [0.2, 0.25) is 5.91 Å². The first-order valence-electron chi connectivity index (χ1n) is 11.2. The van der Waals surface area contributed by atoms with Crippen molar-refractivity contribution in [3.05, 3.63) is 69.8 Å². The van der Waals surface area contributed by atoms with E-state index in [0.717, 1.165) is 18.8 Å². The second kappa shape index (κ2) is 13.5. The monoisotopic (exact) mass is 484 g/mol. The Balaban J connectivity index is 2.05. The van der Waals surface area contributed by atoms with Gasteiger partial charge in [-0.15, -0.1) is 11.8 Å². The summed E-state index contributed by atoms with van der Waals surface area (Å²) >= 11 is 1.21. The molecule has 2 aromatic carbocycles. The first-order valence-corrected chi connectivity index (χ1v) is 12.3. The van der Waals surface area contributed by atoms with Gasteiger partial charge < -0.3 is 4.90 Å². The van der Waals surface area contributed by atoms with Gasteiger partial charge in [-0.05, 0) is 17.9 Å². The van der Waals surface area contributed by atoms with Crippen LogP contribution in [-0.4, -0.2) is 47.4 Å². The molecule has 2 rings (SSSR count). The molecule has 0 saturated heterocycles. The Bertz CT molecular complexity index is 999. The number of nitrogens with zero attached hydrogens (tertiary/aromatic N) is 3. The maximum Gasteiger partial charge on any atom is 0.270 e. The summed E-state index contributed by atoms with van der Waals surface area (Å²) in [6.07, 6.45) is 1.44. The van der Waals surface area contributed by atoms with Crippen LogP contribution in [-0.2, 0) is 4.79 Å². The Kier molecular flexibility index (Phi) is 10.7. The highest BCUT2D eigenvalue weighted by Gasteiger charge is 2.17. The lowest BCUT2D eigenvalue weighted by atomic mass is 10.1. The van der Waals surface area contributed by atoms with E-state index in [-0.39, 0.29) is 28.9 Å². The largest absolute Gasteiger partial charge is 0.370 e. The van der Waals surface area contributed by atoms with Crippen molar-refractivity contribution in [1.29, 1.82) is 0 Å². The van der Waals surface area contributed by atoms with Crippen molar-refractivity contribution in [2.75, 3.05) is 29.5 Å². The van der Waals surface area contributed by atoms with E-state index in [1.54, 1.807) is 30.3 Å². The molecule has 0 aliphatic heterocycles. The predicted octanol–water partition coefficient (Wildman–Crippen LogP) is 4.78. The molecule has 2 aromatic rings. The molecule has 0 saturated carbocycles. The molecule has 9 heteroatoms. The molecular formula is C25H32N4O4S. The number of thioether (sulfide) groups is 1. The predicted molar refractivity (Wildman–Crippen MR) is 139 cm³/mol. The summed E-state index contributed by atoms with van der Waals surface area (Å²) in [7, 11) is 0. The van der Waals surface area contributed by atoms with Gasteiger partial charge in [-0.2, -0.15) is 5.10 Å². The van der Waals surface area contributed by atoms with E-state index in [1.807, 2.05) is 6.07 Å². The van der Waals surface area contributed by atoms with Crippen molar-refractivity contribution in [3.8, 4) is 0 Å². The average molecular weight is 485 g/mol. The summed E-state index contributed by atoms with van der Waals surface area (Å²) in [6.45, 7) is 10.0. The quantitative estimate of drug-likeness (QED) is 0.190. The van der Waals surface area contributed by atoms with Crippen molar-refractivity contribution >= 4 is 41.0 Å². The number of Topliss-reactive ketones (excluding diaryl/α,β-unsaturated/α-hetero) is 1. The van der Waals surface area contributed by atoms with Crippen LogP contribution in [0.4, 0.5) is 11.4 Å². The molecule has 0 aliphatic carbocycles. The van der Waals surface area contributed by atoms with Crippen LogP contribution in [0.1, 0.15) is 43.6 Å². The molecule has 0 atom stereocenters. The molecule has 8 nitrogen and oxygen atoms in total. The Hall–Kier alpha value is -3.20. The van der Waals surface area contributed by atoms with Gasteiger partial charge in [-0.25, -0.2) is 5.43 Å². The molecule has 0 spiro atoms. The Morgan fingerprint density at radius 2 is 1.71 bits per heavy atom. The van der Waals surface area contributed by atoms with Gasteiger partial charge in [0.25, 0.3) is 5.69 Å². The third-order valence-corrected chi connectivity index (χ3v) is 5.62. The fourth-order valence-corrected chi connectivity index (χ4v) is 4.05. The number of anilines is 1. The minimum absolute atomic E-state index is 0.0412. The molecular weight excluding hydrogens is 452 g/mol. The molecule has 0 fully saturated rings. The SMILES string of the molecule is CC(C)CN(CC(C)C)c1ccc([N+](=O)[O-])cc1/C=N/NC(=O)CSCC(=O)c1ccccc1. The lowest BCUT2D eigenvalue weighted by molar-refractivity contribution is -0.384. The topological polar surface area (TPSA) is 105 Å². The van der Waals surface area contributed by atoms with E-state index >= 15 is 0 Å². The molecule has 0 aliphatic rings. The van der Waals surface area contributed by atoms with Gasteiger partial charge in [0.15, 0.2) is 5.78 Å². The maximum absolute atomic E-state index is 12.2. The molecule has 182 valence electrons. The summed E-state index contributed by atoms with van der Waals surface area (Å²) in [5, 5.41) is 15.3. The summed E-state index contributed by atoms with van der Waals surface area (Å²) < 4.78 is 0. The minimum Gasteiger partial charge on any atom is -0.370 e. The molecule has 1 N–H and O–H groups in total. The number of rotatable bonds is 13. The number of hydrogen-bond acceptors (Lipinski definition) is 7. The van der Waals surface area contributed by atoms with Crippen LogP contribution in [0.2, 0.25) is 0 Å². The summed E-state index contributed by atoms with van der Waals surface area (Å²) in [6, 6.07) is 13.6. The lowest BCUT2D eigenvalue weighted by Crippen LogP contribution is -2.32. The van der Waals surface area contributed by atoms with E-state index < -0.39 is 4.92 Å². The van der Waals surface area contributed by atoms with Crippen molar-refractivity contribution < 1.29 is 14.5 Å². The number of nitro benzene ring substituents is 1. The number of nitrogens with one attached hydrogen (secondary N) is 1. The summed E-state index contributed by atoms with van der Waals surface area (Å²) in [4.78, 5) is 37.3. The first kappa shape index (κ1) is 27.0. The van der Waals surface area contributed by atoms with Gasteiger partial charge in [-0.3, -0.25) is 19.7 Å². The zero-order valence-corrected chi connectivity index (χ0v) is 20.9. The van der Waals surface area contributed by atoms with Crippen molar-refractivity contribution in [3.63, 3.8) is 0 Å². The lowest BCUT2D eigenvalue weighted by Gasteiger charge is -2.29. The minimum atomic E-state index is -0.449. The number of hydrazone groups is 1. The highest BCUT2D eigenvalue weighted by Crippen LogP contribution is 2.26. The van der Waals surface area contributed by atoms with Gasteiger partial charge in [0, 0.05) is 42.0 Å². The van der Waals surface area contributed by atoms with Crippen molar-refractivity contribution in [2.24, 2.45) is 16.9 Å². The van der Waals surface area contributed by atoms with E-state index in [1.165, 1.54) is 30.1 Å². The maximum atomic E-state index is 12.2. The highest BCUT2D eigenvalue weighted by atomic mass is 32.2. The van der Waals surface area contributed by atoms with Gasteiger partial charge in [-0.1, -0.05) is 58.0 Å². The first-order chi connectivity index (χ1) is 16.2. The number of carbonyl (C=O) groups excluding carboxylic acids is 2. The van der Waals surface area contributed by atoms with Crippen LogP contribution in [0.25, 0.3) is 0 Å². The smallest absolute Gasteiger partial charge is 0.270 e. The average Bonchev–Trinajstić information content (AvgIpc) is 2.78. The zero-order chi connectivity index (χ0) is 25.1. The molecule has 0 heterocycles. The number of hydrogen-bond donors (Lipinski definition) is 1. The van der Waals surface area contributed by atoms with Crippen LogP contribution < -0.4 is 10.3 Å². The second-order valence-corrected chi connectivity index (χ2v) is 9.75. The number of nitro groups is 1. The van der Waals surface area contributed by atoms with Crippen LogP contribution >= 0.6 is 11.8 Å². The van der Waals surface area contributed by atoms with Gasteiger partial charge in [0.05, 0.1) is 22.6 Å². The third kappa shape index (κ3) is 8.97. The van der Waals surface area contributed by atoms with Gasteiger partial charge in [0.1, 0.15) is 0 Å². The number of non-ortho nitro benzene ring substituents is 1. The van der Waals surface area contributed by atoms with E-state index in [4.69, 9.17) is 0 Å². The fourth-order valence-electron chi connectivity index (χ4n) is 3.35. The van der Waals surface area contributed by atoms with E-state index in [0.29, 0.717) is 23.0 Å². The van der Waals surface area contributed by atoms with Gasteiger partial charge >= 0.3 is 0 Å². The summed E-state index contributed by atoms with van der Waals surface area (Å²) in [5.41, 5.74) is 4.41. The van der Waals surface area contributed by atoms with E-state index in [2.05, 4.69) is 43.1 Å². The Labute approximate surface area is 205 Å². The third-order valence-electron chi connectivity index (χ3n) is 4.69. The molecule has 0 aromatic heterocycles.